The van der Waals surface area contributed by atoms with Crippen LogP contribution < -0.4 is 10.6 Å². The van der Waals surface area contributed by atoms with Crippen LogP contribution in [0.3, 0.4) is 0 Å². The number of hydrogen-bond acceptors (Lipinski definition) is 4. The summed E-state index contributed by atoms with van der Waals surface area (Å²) in [5, 5.41) is 10.5. The number of nitrogens with one attached hydrogen (secondary N) is 2. The zero-order chi connectivity index (χ0) is 18.8. The van der Waals surface area contributed by atoms with Crippen molar-refractivity contribution in [3.63, 3.8) is 0 Å². The first-order valence-corrected chi connectivity index (χ1v) is 9.52. The van der Waals surface area contributed by atoms with E-state index < -0.39 is 0 Å². The van der Waals surface area contributed by atoms with Crippen LogP contribution in [0.5, 0.6) is 0 Å². The minimum Gasteiger partial charge on any atom is -0.339 e. The quantitative estimate of drug-likeness (QED) is 0.860. The normalized spacial score (nSPS) is 22.2. The van der Waals surface area contributed by atoms with Gasteiger partial charge in [0, 0.05) is 45.3 Å². The molecule has 7 nitrogen and oxygen atoms in total. The zero-order valence-corrected chi connectivity index (χ0v) is 15.5. The molecule has 2 aliphatic rings. The number of benzene rings is 1. The Morgan fingerprint density at radius 2 is 1.96 bits per heavy atom. The highest BCUT2D eigenvalue weighted by atomic mass is 16.2. The third kappa shape index (κ3) is 3.60. The molecule has 2 atom stereocenters. The van der Waals surface area contributed by atoms with Crippen LogP contribution in [0.1, 0.15) is 34.7 Å². The fraction of sp³-hybridized carbons (Fsp3) is 0.450. The Labute approximate surface area is 158 Å². The predicted octanol–water partition coefficient (Wildman–Crippen LogP) is 1.60. The van der Waals surface area contributed by atoms with Crippen LogP contribution in [0.4, 0.5) is 5.69 Å². The number of amides is 2. The fourth-order valence-corrected chi connectivity index (χ4v) is 4.03. The van der Waals surface area contributed by atoms with Crippen LogP contribution >= 0.6 is 0 Å². The molecule has 2 aliphatic heterocycles. The lowest BCUT2D eigenvalue weighted by atomic mass is 9.90. The van der Waals surface area contributed by atoms with E-state index in [2.05, 4.69) is 15.7 Å². The highest BCUT2D eigenvalue weighted by Crippen LogP contribution is 2.29. The first-order chi connectivity index (χ1) is 13.1. The lowest BCUT2D eigenvalue weighted by Crippen LogP contribution is -2.31. The largest absolute Gasteiger partial charge is 0.339 e. The molecule has 7 heteroatoms. The Morgan fingerprint density at radius 1 is 1.19 bits per heavy atom. The van der Waals surface area contributed by atoms with E-state index >= 15 is 0 Å². The van der Waals surface area contributed by atoms with Gasteiger partial charge in [-0.05, 0) is 30.5 Å². The summed E-state index contributed by atoms with van der Waals surface area (Å²) in [5.41, 5.74) is 2.22. The number of aryl methyl sites for hydroxylation is 1. The SMILES string of the molecule is Cn1cc([C@H]2CNC[C@@H]2C(=O)Nc2ccccc2C(=O)N2CCCC2)cn1. The van der Waals surface area contributed by atoms with Crippen LogP contribution in [0.2, 0.25) is 0 Å². The molecule has 142 valence electrons. The molecule has 2 N–H and O–H groups in total. The topological polar surface area (TPSA) is 79.3 Å². The van der Waals surface area contributed by atoms with Crippen molar-refractivity contribution < 1.29 is 9.59 Å². The van der Waals surface area contributed by atoms with Gasteiger partial charge in [-0.25, -0.2) is 0 Å². The number of anilines is 1. The Morgan fingerprint density at radius 3 is 2.70 bits per heavy atom. The minimum atomic E-state index is -0.191. The second-order valence-corrected chi connectivity index (χ2v) is 7.35. The zero-order valence-electron chi connectivity index (χ0n) is 15.5. The van der Waals surface area contributed by atoms with Gasteiger partial charge in [0.2, 0.25) is 5.91 Å². The monoisotopic (exact) mass is 367 g/mol. The molecule has 1 aromatic heterocycles. The smallest absolute Gasteiger partial charge is 0.255 e. The number of aromatic nitrogens is 2. The number of likely N-dealkylation sites (tertiary alicyclic amines) is 1. The lowest BCUT2D eigenvalue weighted by Gasteiger charge is -2.20. The summed E-state index contributed by atoms with van der Waals surface area (Å²) >= 11 is 0. The summed E-state index contributed by atoms with van der Waals surface area (Å²) in [6.07, 6.45) is 5.87. The standard InChI is InChI=1S/C20H25N5O2/c1-24-13-14(10-22-24)16-11-21-12-17(16)19(26)23-18-7-3-2-6-15(18)20(27)25-8-4-5-9-25/h2-3,6-7,10,13,16-17,21H,4-5,8-9,11-12H2,1H3,(H,23,26)/t16-,17+/m1/s1. The van der Waals surface area contributed by atoms with Crippen molar-refractivity contribution in [1.82, 2.24) is 20.0 Å². The Balaban J connectivity index is 1.52. The fourth-order valence-electron chi connectivity index (χ4n) is 4.03. The van der Waals surface area contributed by atoms with E-state index in [9.17, 15) is 9.59 Å². The highest BCUT2D eigenvalue weighted by molar-refractivity contribution is 6.04. The lowest BCUT2D eigenvalue weighted by molar-refractivity contribution is -0.119. The molecule has 0 bridgehead atoms. The van der Waals surface area contributed by atoms with E-state index in [0.717, 1.165) is 38.0 Å². The summed E-state index contributed by atoms with van der Waals surface area (Å²) in [5.74, 6) is -0.170. The van der Waals surface area contributed by atoms with Gasteiger partial charge in [0.25, 0.3) is 5.91 Å². The van der Waals surface area contributed by atoms with Crippen LogP contribution in [0.15, 0.2) is 36.7 Å². The van der Waals surface area contributed by atoms with Gasteiger partial charge in [0.05, 0.1) is 23.4 Å². The predicted molar refractivity (Wildman–Crippen MR) is 103 cm³/mol. The maximum Gasteiger partial charge on any atom is 0.255 e. The Kier molecular flexibility index (Phi) is 4.94. The highest BCUT2D eigenvalue weighted by Gasteiger charge is 2.35. The number of hydrogen-bond donors (Lipinski definition) is 2. The summed E-state index contributed by atoms with van der Waals surface area (Å²) in [6.45, 7) is 2.94. The van der Waals surface area contributed by atoms with Crippen LogP contribution in [-0.4, -0.2) is 52.7 Å². The summed E-state index contributed by atoms with van der Waals surface area (Å²) in [6, 6.07) is 7.29. The third-order valence-electron chi connectivity index (χ3n) is 5.51. The van der Waals surface area contributed by atoms with Crippen molar-refractivity contribution in [1.29, 1.82) is 0 Å². The van der Waals surface area contributed by atoms with E-state index in [-0.39, 0.29) is 23.7 Å². The average Bonchev–Trinajstić information content (AvgIpc) is 3.42. The maximum atomic E-state index is 13.0. The Bertz CT molecular complexity index is 840. The first-order valence-electron chi connectivity index (χ1n) is 9.52. The van der Waals surface area contributed by atoms with Crippen LogP contribution in [-0.2, 0) is 11.8 Å². The number of carbonyl (C=O) groups excluding carboxylic acids is 2. The Hall–Kier alpha value is -2.67. The second kappa shape index (κ2) is 7.52. The van der Waals surface area contributed by atoms with Crippen LogP contribution in [0.25, 0.3) is 0 Å². The van der Waals surface area contributed by atoms with Gasteiger partial charge in [-0.1, -0.05) is 12.1 Å². The molecular formula is C20H25N5O2. The van der Waals surface area contributed by atoms with Gasteiger partial charge < -0.3 is 15.5 Å². The maximum absolute atomic E-state index is 13.0. The van der Waals surface area contributed by atoms with E-state index in [1.165, 1.54) is 0 Å². The average molecular weight is 367 g/mol. The number of nitrogens with zero attached hydrogens (tertiary/aromatic N) is 3. The molecule has 0 saturated carbocycles. The molecule has 0 radical (unpaired) electrons. The van der Waals surface area contributed by atoms with Crippen LogP contribution in [0, 0.1) is 5.92 Å². The second-order valence-electron chi connectivity index (χ2n) is 7.35. The van der Waals surface area contributed by atoms with Gasteiger partial charge in [0.1, 0.15) is 0 Å². The minimum absolute atomic E-state index is 0.00300. The van der Waals surface area contributed by atoms with Gasteiger partial charge >= 0.3 is 0 Å². The molecule has 2 aromatic rings. The third-order valence-corrected chi connectivity index (χ3v) is 5.51. The van der Waals surface area contributed by atoms with Crippen molar-refractivity contribution in [2.45, 2.75) is 18.8 Å². The number of rotatable bonds is 4. The van der Waals surface area contributed by atoms with Crippen molar-refractivity contribution in [3.05, 3.63) is 47.8 Å². The molecular weight excluding hydrogens is 342 g/mol. The van der Waals surface area contributed by atoms with Crippen molar-refractivity contribution in [2.24, 2.45) is 13.0 Å². The van der Waals surface area contributed by atoms with Crippen molar-refractivity contribution >= 4 is 17.5 Å². The molecule has 4 rings (SSSR count). The van der Waals surface area contributed by atoms with E-state index in [1.807, 2.05) is 42.5 Å². The molecule has 2 saturated heterocycles. The van der Waals surface area contributed by atoms with E-state index in [0.29, 0.717) is 17.8 Å². The molecule has 27 heavy (non-hydrogen) atoms. The molecule has 2 fully saturated rings. The molecule has 3 heterocycles. The number of para-hydroxylation sites is 1. The summed E-state index contributed by atoms with van der Waals surface area (Å²) in [4.78, 5) is 27.7. The van der Waals surface area contributed by atoms with Gasteiger partial charge in [-0.15, -0.1) is 0 Å². The van der Waals surface area contributed by atoms with Gasteiger partial charge in [-0.2, -0.15) is 5.10 Å². The van der Waals surface area contributed by atoms with E-state index in [1.54, 1.807) is 10.7 Å². The molecule has 1 aromatic carbocycles. The van der Waals surface area contributed by atoms with E-state index in [4.69, 9.17) is 0 Å². The van der Waals surface area contributed by atoms with Crippen molar-refractivity contribution in [2.75, 3.05) is 31.5 Å². The number of carbonyl (C=O) groups is 2. The van der Waals surface area contributed by atoms with Crippen molar-refractivity contribution in [3.8, 4) is 0 Å². The van der Waals surface area contributed by atoms with Gasteiger partial charge in [0.15, 0.2) is 0 Å². The molecule has 2 amide bonds. The van der Waals surface area contributed by atoms with Gasteiger partial charge in [-0.3, -0.25) is 14.3 Å². The molecule has 0 aliphatic carbocycles. The summed E-state index contributed by atoms with van der Waals surface area (Å²) < 4.78 is 1.76. The summed E-state index contributed by atoms with van der Waals surface area (Å²) in [7, 11) is 1.88. The first kappa shape index (κ1) is 17.7. The molecule has 0 unspecified atom stereocenters. The molecule has 0 spiro atoms.